The maximum absolute atomic E-state index is 4.06. The molecule has 0 aliphatic rings. The van der Waals surface area contributed by atoms with E-state index in [4.69, 9.17) is 0 Å². The van der Waals surface area contributed by atoms with Gasteiger partial charge >= 0.3 is 0 Å². The van der Waals surface area contributed by atoms with E-state index in [0.29, 0.717) is 12.1 Å². The summed E-state index contributed by atoms with van der Waals surface area (Å²) in [6.07, 6.45) is 5.68. The fourth-order valence-corrected chi connectivity index (χ4v) is 3.04. The molecular formula is C13H19N3S. The van der Waals surface area contributed by atoms with Crippen LogP contribution < -0.4 is 5.32 Å². The van der Waals surface area contributed by atoms with Gasteiger partial charge in [0.05, 0.1) is 6.33 Å². The summed E-state index contributed by atoms with van der Waals surface area (Å²) in [6, 6.07) is 3.02. The molecule has 0 saturated heterocycles. The lowest BCUT2D eigenvalue weighted by Crippen LogP contribution is -2.32. The number of rotatable bonds is 5. The van der Waals surface area contributed by atoms with Crippen molar-refractivity contribution in [3.8, 4) is 0 Å². The van der Waals surface area contributed by atoms with Crippen molar-refractivity contribution < 1.29 is 0 Å². The van der Waals surface area contributed by atoms with Crippen LogP contribution in [0.15, 0.2) is 30.2 Å². The van der Waals surface area contributed by atoms with E-state index in [0.717, 1.165) is 6.54 Å². The second-order valence-corrected chi connectivity index (χ2v) is 5.46. The number of aryl methyl sites for hydroxylation is 1. The molecule has 0 aliphatic carbocycles. The Kier molecular flexibility index (Phi) is 3.97. The van der Waals surface area contributed by atoms with E-state index in [9.17, 15) is 0 Å². The fraction of sp³-hybridized carbons (Fsp3) is 0.462. The summed E-state index contributed by atoms with van der Waals surface area (Å²) < 4.78 is 2.10. The Bertz CT molecular complexity index is 447. The first-order valence-corrected chi connectivity index (χ1v) is 6.80. The van der Waals surface area contributed by atoms with Crippen LogP contribution in [0.2, 0.25) is 0 Å². The molecule has 3 nitrogen and oxygen atoms in total. The smallest absolute Gasteiger partial charge is 0.0946 e. The average Bonchev–Trinajstić information content (AvgIpc) is 2.88. The van der Waals surface area contributed by atoms with Crippen LogP contribution in [0.25, 0.3) is 0 Å². The van der Waals surface area contributed by atoms with E-state index in [2.05, 4.69) is 47.1 Å². The zero-order chi connectivity index (χ0) is 12.3. The molecule has 0 amide bonds. The summed E-state index contributed by atoms with van der Waals surface area (Å²) in [4.78, 5) is 5.49. The predicted molar refractivity (Wildman–Crippen MR) is 72.3 cm³/mol. The number of hydrogen-bond donors (Lipinski definition) is 1. The van der Waals surface area contributed by atoms with E-state index in [1.165, 1.54) is 10.4 Å². The van der Waals surface area contributed by atoms with Crippen molar-refractivity contribution in [3.05, 3.63) is 40.6 Å². The molecule has 0 radical (unpaired) electrons. The average molecular weight is 249 g/mol. The first kappa shape index (κ1) is 12.3. The van der Waals surface area contributed by atoms with Crippen LogP contribution in [0, 0.1) is 6.92 Å². The van der Waals surface area contributed by atoms with Crippen LogP contribution in [0.3, 0.4) is 0 Å². The first-order valence-electron chi connectivity index (χ1n) is 5.92. The molecule has 2 unspecified atom stereocenters. The van der Waals surface area contributed by atoms with Gasteiger partial charge in [-0.3, -0.25) is 0 Å². The highest BCUT2D eigenvalue weighted by Crippen LogP contribution is 2.23. The fourth-order valence-electron chi connectivity index (χ4n) is 2.09. The van der Waals surface area contributed by atoms with Gasteiger partial charge in [-0.2, -0.15) is 0 Å². The van der Waals surface area contributed by atoms with Gasteiger partial charge in [-0.15, -0.1) is 11.3 Å². The third-order valence-electron chi connectivity index (χ3n) is 2.87. The summed E-state index contributed by atoms with van der Waals surface area (Å²) >= 11 is 1.83. The number of nitrogens with zero attached hydrogens (tertiary/aromatic N) is 2. The highest BCUT2D eigenvalue weighted by molar-refractivity contribution is 7.10. The zero-order valence-electron chi connectivity index (χ0n) is 10.6. The summed E-state index contributed by atoms with van der Waals surface area (Å²) in [5, 5.41) is 5.78. The van der Waals surface area contributed by atoms with E-state index in [-0.39, 0.29) is 0 Å². The van der Waals surface area contributed by atoms with Gasteiger partial charge < -0.3 is 9.88 Å². The topological polar surface area (TPSA) is 29.9 Å². The second kappa shape index (κ2) is 5.47. The summed E-state index contributed by atoms with van der Waals surface area (Å²) in [5.74, 6) is 0. The highest BCUT2D eigenvalue weighted by atomic mass is 32.1. The van der Waals surface area contributed by atoms with Crippen LogP contribution in [-0.2, 0) is 6.54 Å². The minimum atomic E-state index is 0.411. The molecule has 2 atom stereocenters. The minimum Gasteiger partial charge on any atom is -0.336 e. The summed E-state index contributed by atoms with van der Waals surface area (Å²) in [7, 11) is 0. The van der Waals surface area contributed by atoms with E-state index in [1.54, 1.807) is 0 Å². The van der Waals surface area contributed by atoms with Crippen LogP contribution in [-0.4, -0.2) is 15.6 Å². The first-order chi connectivity index (χ1) is 8.16. The van der Waals surface area contributed by atoms with Gasteiger partial charge in [0, 0.05) is 35.9 Å². The van der Waals surface area contributed by atoms with Crippen molar-refractivity contribution in [2.75, 3.05) is 0 Å². The molecule has 0 fully saturated rings. The van der Waals surface area contributed by atoms with Gasteiger partial charge in [0.2, 0.25) is 0 Å². The Hall–Kier alpha value is -1.13. The molecule has 0 spiro atoms. The Morgan fingerprint density at radius 1 is 1.47 bits per heavy atom. The SMILES string of the molecule is Cc1ccsc1C(C)NC(C)Cn1ccnc1. The van der Waals surface area contributed by atoms with Gasteiger partial charge in [-0.25, -0.2) is 4.98 Å². The number of imidazole rings is 1. The van der Waals surface area contributed by atoms with Crippen LogP contribution >= 0.6 is 11.3 Å². The van der Waals surface area contributed by atoms with Crippen molar-refractivity contribution in [1.29, 1.82) is 0 Å². The monoisotopic (exact) mass is 249 g/mol. The number of thiophene rings is 1. The Balaban J connectivity index is 1.90. The lowest BCUT2D eigenvalue weighted by atomic mass is 10.1. The molecule has 2 heterocycles. The Morgan fingerprint density at radius 2 is 2.29 bits per heavy atom. The van der Waals surface area contributed by atoms with Crippen molar-refractivity contribution in [1.82, 2.24) is 14.9 Å². The number of hydrogen-bond acceptors (Lipinski definition) is 3. The normalized spacial score (nSPS) is 14.8. The number of aromatic nitrogens is 2. The maximum Gasteiger partial charge on any atom is 0.0946 e. The lowest BCUT2D eigenvalue weighted by molar-refractivity contribution is 0.433. The van der Waals surface area contributed by atoms with Crippen LogP contribution in [0.1, 0.15) is 30.3 Å². The Morgan fingerprint density at radius 3 is 2.88 bits per heavy atom. The van der Waals surface area contributed by atoms with Crippen molar-refractivity contribution >= 4 is 11.3 Å². The van der Waals surface area contributed by atoms with Gasteiger partial charge in [-0.05, 0) is 37.8 Å². The summed E-state index contributed by atoms with van der Waals surface area (Å²) in [5.41, 5.74) is 1.38. The highest BCUT2D eigenvalue weighted by Gasteiger charge is 2.12. The molecule has 2 rings (SSSR count). The molecule has 2 aromatic heterocycles. The quantitative estimate of drug-likeness (QED) is 0.883. The lowest BCUT2D eigenvalue weighted by Gasteiger charge is -2.20. The molecule has 2 aromatic rings. The maximum atomic E-state index is 4.06. The third kappa shape index (κ3) is 3.17. The molecule has 4 heteroatoms. The van der Waals surface area contributed by atoms with Gasteiger partial charge in [0.25, 0.3) is 0 Å². The van der Waals surface area contributed by atoms with Crippen LogP contribution in [0.4, 0.5) is 0 Å². The van der Waals surface area contributed by atoms with Crippen molar-refractivity contribution in [2.45, 2.75) is 39.4 Å². The molecule has 17 heavy (non-hydrogen) atoms. The second-order valence-electron chi connectivity index (χ2n) is 4.52. The molecule has 0 aromatic carbocycles. The number of nitrogens with one attached hydrogen (secondary N) is 1. The van der Waals surface area contributed by atoms with Gasteiger partial charge in [0.1, 0.15) is 0 Å². The van der Waals surface area contributed by atoms with E-state index >= 15 is 0 Å². The molecule has 1 N–H and O–H groups in total. The standard InChI is InChI=1S/C13H19N3S/c1-10-4-7-17-13(10)12(3)15-11(2)8-16-6-5-14-9-16/h4-7,9,11-12,15H,8H2,1-3H3. The van der Waals surface area contributed by atoms with Gasteiger partial charge in [0.15, 0.2) is 0 Å². The van der Waals surface area contributed by atoms with E-state index in [1.807, 2.05) is 30.1 Å². The minimum absolute atomic E-state index is 0.411. The molecule has 92 valence electrons. The molecule has 0 saturated carbocycles. The molecule has 0 aliphatic heterocycles. The molecule has 0 bridgehead atoms. The van der Waals surface area contributed by atoms with Crippen molar-refractivity contribution in [2.24, 2.45) is 0 Å². The molecular weight excluding hydrogens is 230 g/mol. The zero-order valence-corrected chi connectivity index (χ0v) is 11.4. The largest absolute Gasteiger partial charge is 0.336 e. The third-order valence-corrected chi connectivity index (χ3v) is 4.08. The van der Waals surface area contributed by atoms with Crippen molar-refractivity contribution in [3.63, 3.8) is 0 Å². The predicted octanol–water partition coefficient (Wildman–Crippen LogP) is 2.99. The van der Waals surface area contributed by atoms with Crippen LogP contribution in [0.5, 0.6) is 0 Å². The Labute approximate surface area is 107 Å². The van der Waals surface area contributed by atoms with Gasteiger partial charge in [-0.1, -0.05) is 0 Å². The summed E-state index contributed by atoms with van der Waals surface area (Å²) in [6.45, 7) is 7.56. The van der Waals surface area contributed by atoms with E-state index < -0.39 is 0 Å².